The van der Waals surface area contributed by atoms with Gasteiger partial charge in [0.15, 0.2) is 0 Å². The van der Waals surface area contributed by atoms with Crippen LogP contribution in [0.5, 0.6) is 0 Å². The predicted octanol–water partition coefficient (Wildman–Crippen LogP) is 1.81. The summed E-state index contributed by atoms with van der Waals surface area (Å²) in [6.45, 7) is 7.96. The molecule has 1 aliphatic heterocycles. The van der Waals surface area contributed by atoms with E-state index in [1.54, 1.807) is 9.58 Å². The number of aryl methyl sites for hydroxylation is 2. The molecule has 7 nitrogen and oxygen atoms in total. The van der Waals surface area contributed by atoms with Crippen molar-refractivity contribution >= 4 is 17.7 Å². The third-order valence-corrected chi connectivity index (χ3v) is 5.04. The van der Waals surface area contributed by atoms with Crippen LogP contribution in [0, 0.1) is 18.8 Å². The van der Waals surface area contributed by atoms with E-state index < -0.39 is 17.9 Å². The first kappa shape index (κ1) is 18.3. The van der Waals surface area contributed by atoms with Crippen molar-refractivity contribution in [3.63, 3.8) is 0 Å². The number of carboxylic acids is 1. The van der Waals surface area contributed by atoms with Crippen LogP contribution in [-0.4, -0.2) is 51.8 Å². The van der Waals surface area contributed by atoms with Crippen LogP contribution < -0.4 is 4.90 Å². The van der Waals surface area contributed by atoms with Crippen LogP contribution in [-0.2, 0) is 16.6 Å². The van der Waals surface area contributed by atoms with E-state index in [-0.39, 0.29) is 24.3 Å². The van der Waals surface area contributed by atoms with E-state index in [0.717, 1.165) is 17.1 Å². The van der Waals surface area contributed by atoms with Gasteiger partial charge in [0.1, 0.15) is 5.82 Å². The van der Waals surface area contributed by atoms with Crippen molar-refractivity contribution in [1.82, 2.24) is 14.7 Å². The number of aromatic nitrogens is 2. The molecule has 1 aliphatic rings. The predicted molar refractivity (Wildman–Crippen MR) is 91.9 cm³/mol. The smallest absolute Gasteiger partial charge is 0.309 e. The summed E-state index contributed by atoms with van der Waals surface area (Å²) in [7, 11) is 5.65. The number of nitrogens with zero attached hydrogens (tertiary/aromatic N) is 4. The highest BCUT2D eigenvalue weighted by Crippen LogP contribution is 2.45. The molecule has 134 valence electrons. The Balaban J connectivity index is 2.65. The Bertz CT molecular complexity index is 651. The van der Waals surface area contributed by atoms with Gasteiger partial charge in [0.25, 0.3) is 0 Å². The second kappa shape index (κ2) is 6.45. The monoisotopic (exact) mass is 336 g/mol. The number of hydrogen-bond donors (Lipinski definition) is 1. The fraction of sp³-hybridized carbons (Fsp3) is 0.706. The summed E-state index contributed by atoms with van der Waals surface area (Å²) < 4.78 is 1.75. The average Bonchev–Trinajstić information content (AvgIpc) is 2.94. The first-order valence-electron chi connectivity index (χ1n) is 8.32. The van der Waals surface area contributed by atoms with E-state index in [9.17, 15) is 14.7 Å². The van der Waals surface area contributed by atoms with Gasteiger partial charge in [-0.05, 0) is 19.8 Å². The molecular formula is C17H28N4O3. The second-order valence-electron chi connectivity index (χ2n) is 7.22. The number of rotatable bonds is 5. The molecule has 1 aromatic heterocycles. The largest absolute Gasteiger partial charge is 0.481 e. The van der Waals surface area contributed by atoms with Crippen LogP contribution >= 0.6 is 0 Å². The Morgan fingerprint density at radius 1 is 1.33 bits per heavy atom. The third kappa shape index (κ3) is 2.87. The third-order valence-electron chi connectivity index (χ3n) is 5.04. The number of aliphatic carboxylic acids is 1. The molecule has 1 N–H and O–H groups in total. The summed E-state index contributed by atoms with van der Waals surface area (Å²) >= 11 is 0. The Labute approximate surface area is 143 Å². The quantitative estimate of drug-likeness (QED) is 0.887. The Kier molecular flexibility index (Phi) is 4.92. The van der Waals surface area contributed by atoms with E-state index in [0.29, 0.717) is 0 Å². The highest BCUT2D eigenvalue weighted by Gasteiger charge is 2.49. The number of anilines is 1. The highest BCUT2D eigenvalue weighted by atomic mass is 16.4. The lowest BCUT2D eigenvalue weighted by molar-refractivity contribution is -0.142. The molecule has 2 heterocycles. The molecule has 2 rings (SSSR count). The standard InChI is InChI=1S/C17H28N4O3/c1-9(2)11(4)21-13(22)8-12(17(23)24)15(21)14-10(3)18-20(7)16(14)19(5)6/h9,11-12,15H,8H2,1-7H3,(H,23,24)/t11-,12+,15+/m1/s1. The van der Waals surface area contributed by atoms with Crippen molar-refractivity contribution in [2.45, 2.75) is 46.2 Å². The van der Waals surface area contributed by atoms with Crippen LogP contribution in [0.1, 0.15) is 44.5 Å². The van der Waals surface area contributed by atoms with Gasteiger partial charge in [0.05, 0.1) is 17.7 Å². The van der Waals surface area contributed by atoms with E-state index in [2.05, 4.69) is 5.10 Å². The maximum atomic E-state index is 12.6. The molecule has 24 heavy (non-hydrogen) atoms. The van der Waals surface area contributed by atoms with Crippen LogP contribution in [0.3, 0.4) is 0 Å². The Morgan fingerprint density at radius 3 is 2.38 bits per heavy atom. The van der Waals surface area contributed by atoms with Crippen LogP contribution in [0.2, 0.25) is 0 Å². The molecule has 3 atom stereocenters. The average molecular weight is 336 g/mol. The van der Waals surface area contributed by atoms with Crippen molar-refractivity contribution in [3.05, 3.63) is 11.3 Å². The summed E-state index contributed by atoms with van der Waals surface area (Å²) in [5, 5.41) is 14.2. The number of likely N-dealkylation sites (tertiary alicyclic amines) is 1. The van der Waals surface area contributed by atoms with Crippen molar-refractivity contribution in [2.24, 2.45) is 18.9 Å². The zero-order chi connectivity index (χ0) is 18.3. The molecule has 0 aliphatic carbocycles. The normalized spacial score (nSPS) is 22.3. The van der Waals surface area contributed by atoms with Gasteiger partial charge < -0.3 is 14.9 Å². The lowest BCUT2D eigenvalue weighted by Gasteiger charge is -2.35. The number of hydrogen-bond acceptors (Lipinski definition) is 4. The Hall–Kier alpha value is -2.05. The fourth-order valence-corrected chi connectivity index (χ4v) is 3.66. The molecule has 0 aromatic carbocycles. The summed E-state index contributed by atoms with van der Waals surface area (Å²) in [6.07, 6.45) is 0.0399. The SMILES string of the molecule is Cc1nn(C)c(N(C)C)c1[C@@H]1[C@@H](C(=O)O)CC(=O)N1[C@H](C)C(C)C. The van der Waals surface area contributed by atoms with E-state index in [1.807, 2.05) is 53.7 Å². The van der Waals surface area contributed by atoms with Crippen molar-refractivity contribution in [3.8, 4) is 0 Å². The van der Waals surface area contributed by atoms with Gasteiger partial charge in [-0.25, -0.2) is 0 Å². The molecule has 0 spiro atoms. The topological polar surface area (TPSA) is 78.7 Å². The highest BCUT2D eigenvalue weighted by molar-refractivity contribution is 5.88. The minimum Gasteiger partial charge on any atom is -0.481 e. The molecule has 0 bridgehead atoms. The maximum Gasteiger partial charge on any atom is 0.309 e. The summed E-state index contributed by atoms with van der Waals surface area (Å²) in [5.74, 6) is -0.690. The number of carboxylic acid groups (broad SMARTS) is 1. The minimum atomic E-state index is -0.931. The molecule has 0 radical (unpaired) electrons. The van der Waals surface area contributed by atoms with E-state index in [1.165, 1.54) is 0 Å². The lowest BCUT2D eigenvalue weighted by atomic mass is 9.91. The molecule has 1 fully saturated rings. The van der Waals surface area contributed by atoms with Gasteiger partial charge >= 0.3 is 5.97 Å². The van der Waals surface area contributed by atoms with Crippen LogP contribution in [0.25, 0.3) is 0 Å². The molecule has 1 amide bonds. The number of carbonyl (C=O) groups excluding carboxylic acids is 1. The zero-order valence-corrected chi connectivity index (χ0v) is 15.6. The van der Waals surface area contributed by atoms with Gasteiger partial charge in [-0.3, -0.25) is 14.3 Å². The van der Waals surface area contributed by atoms with Gasteiger partial charge in [-0.15, -0.1) is 0 Å². The summed E-state index contributed by atoms with van der Waals surface area (Å²) in [6, 6.07) is -0.528. The first-order chi connectivity index (χ1) is 11.1. The van der Waals surface area contributed by atoms with Crippen molar-refractivity contribution < 1.29 is 14.7 Å². The van der Waals surface area contributed by atoms with Gasteiger partial charge in [-0.1, -0.05) is 13.8 Å². The number of carbonyl (C=O) groups is 2. The fourth-order valence-electron chi connectivity index (χ4n) is 3.66. The maximum absolute atomic E-state index is 12.6. The summed E-state index contributed by atoms with van der Waals surface area (Å²) in [5.41, 5.74) is 1.61. The van der Waals surface area contributed by atoms with E-state index >= 15 is 0 Å². The lowest BCUT2D eigenvalue weighted by Crippen LogP contribution is -2.41. The Morgan fingerprint density at radius 2 is 1.92 bits per heavy atom. The van der Waals surface area contributed by atoms with Gasteiger partial charge in [-0.2, -0.15) is 5.10 Å². The van der Waals surface area contributed by atoms with Crippen molar-refractivity contribution in [1.29, 1.82) is 0 Å². The van der Waals surface area contributed by atoms with Crippen LogP contribution in [0.4, 0.5) is 5.82 Å². The number of amides is 1. The zero-order valence-electron chi connectivity index (χ0n) is 15.6. The minimum absolute atomic E-state index is 0.0399. The molecule has 0 saturated carbocycles. The van der Waals surface area contributed by atoms with Gasteiger partial charge in [0, 0.05) is 39.2 Å². The van der Waals surface area contributed by atoms with E-state index in [4.69, 9.17) is 0 Å². The summed E-state index contributed by atoms with van der Waals surface area (Å²) in [4.78, 5) is 28.2. The first-order valence-corrected chi connectivity index (χ1v) is 8.32. The molecule has 1 aromatic rings. The second-order valence-corrected chi connectivity index (χ2v) is 7.22. The van der Waals surface area contributed by atoms with Crippen LogP contribution in [0.15, 0.2) is 0 Å². The molecule has 7 heteroatoms. The van der Waals surface area contributed by atoms with Crippen molar-refractivity contribution in [2.75, 3.05) is 19.0 Å². The van der Waals surface area contributed by atoms with Gasteiger partial charge in [0.2, 0.25) is 5.91 Å². The molecule has 0 unspecified atom stereocenters. The molecular weight excluding hydrogens is 308 g/mol. The molecule has 1 saturated heterocycles.